The zero-order chi connectivity index (χ0) is 21.8. The average molecular weight is 417 g/mol. The highest BCUT2D eigenvalue weighted by Gasteiger charge is 2.16. The number of phenols is 2. The van der Waals surface area contributed by atoms with Gasteiger partial charge in [0.1, 0.15) is 18.1 Å². The van der Waals surface area contributed by atoms with E-state index in [-0.39, 0.29) is 24.7 Å². The number of ether oxygens (including phenoxy) is 1. The number of rotatable bonds is 7. The van der Waals surface area contributed by atoms with E-state index in [1.54, 1.807) is 30.3 Å². The number of carbonyl (C=O) groups is 1. The van der Waals surface area contributed by atoms with Gasteiger partial charge in [0, 0.05) is 23.5 Å². The Hall–Kier alpha value is -3.77. The molecule has 0 radical (unpaired) electrons. The molecule has 4 rings (SSSR count). The topological polar surface area (TPSA) is 91.9 Å². The molecule has 4 aromatic rings. The van der Waals surface area contributed by atoms with E-state index in [1.807, 2.05) is 41.1 Å². The van der Waals surface area contributed by atoms with E-state index in [4.69, 9.17) is 4.74 Å². The lowest BCUT2D eigenvalue weighted by molar-refractivity contribution is 0.0259. The Balaban J connectivity index is 1.51. The van der Waals surface area contributed by atoms with E-state index in [9.17, 15) is 20.1 Å². The first-order valence-electron chi connectivity index (χ1n) is 9.99. The molecule has 0 amide bonds. The third kappa shape index (κ3) is 4.54. The number of para-hydroxylation sites is 1. The van der Waals surface area contributed by atoms with Gasteiger partial charge in [-0.05, 0) is 35.9 Å². The average Bonchev–Trinajstić information content (AvgIpc) is 3.12. The standard InChI is InChI=1S/C25H23NO5/c27-19(16-31-25(30)17-7-2-1-3-8-17)13-18-14-26(22-10-5-4-9-20(18)22)15-21-23(28)11-6-12-24(21)29/h1-12,14,19,27-29H,13,15-16H2. The van der Waals surface area contributed by atoms with Crippen LogP contribution in [0.25, 0.3) is 10.9 Å². The monoisotopic (exact) mass is 417 g/mol. The van der Waals surface area contributed by atoms with Crippen LogP contribution in [-0.2, 0) is 17.7 Å². The summed E-state index contributed by atoms with van der Waals surface area (Å²) in [6.07, 6.45) is 1.31. The molecule has 0 aliphatic rings. The Morgan fingerprint density at radius 1 is 0.903 bits per heavy atom. The van der Waals surface area contributed by atoms with Gasteiger partial charge in [-0.1, -0.05) is 42.5 Å². The number of phenolic OH excluding ortho intramolecular Hbond substituents is 2. The van der Waals surface area contributed by atoms with Crippen molar-refractivity contribution < 1.29 is 24.9 Å². The fraction of sp³-hybridized carbons (Fsp3) is 0.160. The first-order chi connectivity index (χ1) is 15.0. The molecule has 1 unspecified atom stereocenters. The summed E-state index contributed by atoms with van der Waals surface area (Å²) in [5.41, 5.74) is 2.66. The molecule has 0 saturated heterocycles. The summed E-state index contributed by atoms with van der Waals surface area (Å²) < 4.78 is 7.16. The molecule has 1 aromatic heterocycles. The largest absolute Gasteiger partial charge is 0.507 e. The zero-order valence-corrected chi connectivity index (χ0v) is 16.8. The van der Waals surface area contributed by atoms with Crippen molar-refractivity contribution >= 4 is 16.9 Å². The van der Waals surface area contributed by atoms with Crippen LogP contribution < -0.4 is 0 Å². The highest BCUT2D eigenvalue weighted by Crippen LogP contribution is 2.30. The second-order valence-electron chi connectivity index (χ2n) is 7.40. The molecular weight excluding hydrogens is 394 g/mol. The summed E-state index contributed by atoms with van der Waals surface area (Å²) in [5.74, 6) is -0.434. The van der Waals surface area contributed by atoms with Crippen molar-refractivity contribution in [1.29, 1.82) is 0 Å². The molecule has 6 nitrogen and oxygen atoms in total. The molecule has 1 atom stereocenters. The van der Waals surface area contributed by atoms with Crippen LogP contribution in [0.5, 0.6) is 11.5 Å². The number of hydrogen-bond acceptors (Lipinski definition) is 5. The van der Waals surface area contributed by atoms with Crippen molar-refractivity contribution in [3.05, 3.63) is 95.7 Å². The van der Waals surface area contributed by atoms with E-state index >= 15 is 0 Å². The molecule has 0 aliphatic heterocycles. The number of esters is 1. The highest BCUT2D eigenvalue weighted by atomic mass is 16.5. The van der Waals surface area contributed by atoms with Crippen LogP contribution in [0.1, 0.15) is 21.5 Å². The van der Waals surface area contributed by atoms with Gasteiger partial charge in [-0.15, -0.1) is 0 Å². The molecule has 6 heteroatoms. The number of nitrogens with zero attached hydrogens (tertiary/aromatic N) is 1. The van der Waals surface area contributed by atoms with Gasteiger partial charge in [0.25, 0.3) is 0 Å². The molecule has 0 aliphatic carbocycles. The van der Waals surface area contributed by atoms with Gasteiger partial charge in [-0.25, -0.2) is 4.79 Å². The Morgan fingerprint density at radius 3 is 2.32 bits per heavy atom. The lowest BCUT2D eigenvalue weighted by Crippen LogP contribution is -2.20. The molecule has 1 heterocycles. The summed E-state index contributed by atoms with van der Waals surface area (Å²) in [6, 6.07) is 21.0. The number of fused-ring (bicyclic) bond motifs is 1. The molecular formula is C25H23NO5. The highest BCUT2D eigenvalue weighted by molar-refractivity contribution is 5.89. The normalized spacial score (nSPS) is 12.0. The minimum absolute atomic E-state index is 0.0205. The second-order valence-corrected chi connectivity index (χ2v) is 7.40. The summed E-state index contributed by atoms with van der Waals surface area (Å²) >= 11 is 0. The van der Waals surface area contributed by atoms with Crippen LogP contribution in [-0.4, -0.2) is 38.6 Å². The second kappa shape index (κ2) is 8.93. The van der Waals surface area contributed by atoms with Crippen molar-refractivity contribution in [3.63, 3.8) is 0 Å². The Labute approximate surface area is 179 Å². The van der Waals surface area contributed by atoms with E-state index < -0.39 is 12.1 Å². The van der Waals surface area contributed by atoms with Crippen molar-refractivity contribution in [2.24, 2.45) is 0 Å². The number of aliphatic hydroxyl groups is 1. The number of benzene rings is 3. The predicted octanol–water partition coefficient (Wildman–Crippen LogP) is 3.86. The summed E-state index contributed by atoms with van der Waals surface area (Å²) in [6.45, 7) is 0.158. The maximum atomic E-state index is 12.1. The van der Waals surface area contributed by atoms with Crippen LogP contribution in [0.15, 0.2) is 79.0 Å². The fourth-order valence-corrected chi connectivity index (χ4v) is 3.65. The Morgan fingerprint density at radius 2 is 1.58 bits per heavy atom. The van der Waals surface area contributed by atoms with Gasteiger partial charge in [-0.3, -0.25) is 0 Å². The molecule has 0 fully saturated rings. The molecule has 158 valence electrons. The van der Waals surface area contributed by atoms with Gasteiger partial charge in [0.2, 0.25) is 0 Å². The van der Waals surface area contributed by atoms with Gasteiger partial charge in [-0.2, -0.15) is 0 Å². The van der Waals surface area contributed by atoms with Crippen LogP contribution >= 0.6 is 0 Å². The maximum absolute atomic E-state index is 12.1. The van der Waals surface area contributed by atoms with Crippen LogP contribution in [0, 0.1) is 0 Å². The van der Waals surface area contributed by atoms with Crippen LogP contribution in [0.2, 0.25) is 0 Å². The van der Waals surface area contributed by atoms with E-state index in [1.165, 1.54) is 12.1 Å². The smallest absolute Gasteiger partial charge is 0.338 e. The van der Waals surface area contributed by atoms with Gasteiger partial charge in [0.15, 0.2) is 0 Å². The minimum atomic E-state index is -0.870. The van der Waals surface area contributed by atoms with Crippen molar-refractivity contribution in [2.75, 3.05) is 6.61 Å². The fourth-order valence-electron chi connectivity index (χ4n) is 3.65. The number of hydrogen-bond donors (Lipinski definition) is 3. The SMILES string of the molecule is O=C(OCC(O)Cc1cn(Cc2c(O)cccc2O)c2ccccc12)c1ccccc1. The van der Waals surface area contributed by atoms with Crippen molar-refractivity contribution in [1.82, 2.24) is 4.57 Å². The molecule has 0 spiro atoms. The maximum Gasteiger partial charge on any atom is 0.338 e. The number of aromatic hydroxyl groups is 2. The molecule has 0 saturated carbocycles. The van der Waals surface area contributed by atoms with Gasteiger partial charge >= 0.3 is 5.97 Å². The first kappa shape index (κ1) is 20.5. The Kier molecular flexibility index (Phi) is 5.91. The molecule has 31 heavy (non-hydrogen) atoms. The number of aromatic nitrogens is 1. The van der Waals surface area contributed by atoms with E-state index in [2.05, 4.69) is 0 Å². The van der Waals surface area contributed by atoms with Crippen LogP contribution in [0.3, 0.4) is 0 Å². The third-order valence-corrected chi connectivity index (χ3v) is 5.20. The van der Waals surface area contributed by atoms with E-state index in [0.717, 1.165) is 16.5 Å². The predicted molar refractivity (Wildman–Crippen MR) is 117 cm³/mol. The minimum Gasteiger partial charge on any atom is -0.507 e. The summed E-state index contributed by atoms with van der Waals surface area (Å²) in [7, 11) is 0. The molecule has 0 bridgehead atoms. The van der Waals surface area contributed by atoms with E-state index in [0.29, 0.717) is 17.5 Å². The summed E-state index contributed by atoms with van der Waals surface area (Å²) in [5, 5.41) is 31.7. The number of carbonyl (C=O) groups excluding carboxylic acids is 1. The third-order valence-electron chi connectivity index (χ3n) is 5.20. The zero-order valence-electron chi connectivity index (χ0n) is 16.8. The summed E-state index contributed by atoms with van der Waals surface area (Å²) in [4.78, 5) is 12.1. The van der Waals surface area contributed by atoms with Crippen molar-refractivity contribution in [2.45, 2.75) is 19.1 Å². The lowest BCUT2D eigenvalue weighted by atomic mass is 10.1. The quantitative estimate of drug-likeness (QED) is 0.397. The lowest BCUT2D eigenvalue weighted by Gasteiger charge is -2.11. The van der Waals surface area contributed by atoms with Crippen LogP contribution in [0.4, 0.5) is 0 Å². The molecule has 3 N–H and O–H groups in total. The Bertz CT molecular complexity index is 1180. The van der Waals surface area contributed by atoms with Crippen molar-refractivity contribution in [3.8, 4) is 11.5 Å². The van der Waals surface area contributed by atoms with Gasteiger partial charge < -0.3 is 24.6 Å². The first-order valence-corrected chi connectivity index (χ1v) is 9.99. The number of aliphatic hydroxyl groups excluding tert-OH is 1. The van der Waals surface area contributed by atoms with Gasteiger partial charge in [0.05, 0.1) is 23.8 Å². The molecule has 3 aromatic carbocycles.